The van der Waals surface area contributed by atoms with E-state index < -0.39 is 23.7 Å². The molecule has 1 aliphatic heterocycles. The number of hydrogen-bond donors (Lipinski definition) is 1. The number of aliphatic carboxylic acids is 1. The van der Waals surface area contributed by atoms with Crippen LogP contribution in [0.15, 0.2) is 29.2 Å². The van der Waals surface area contributed by atoms with Crippen LogP contribution in [0.25, 0.3) is 6.08 Å². The van der Waals surface area contributed by atoms with Crippen molar-refractivity contribution < 1.29 is 19.1 Å². The monoisotopic (exact) mass is 339 g/mol. The summed E-state index contributed by atoms with van der Waals surface area (Å²) in [7, 11) is 0. The fourth-order valence-electron chi connectivity index (χ4n) is 2.13. The van der Waals surface area contributed by atoms with Gasteiger partial charge in [-0.25, -0.2) is 9.18 Å². The Morgan fingerprint density at radius 3 is 2.86 bits per heavy atom. The lowest BCUT2D eigenvalue weighted by Gasteiger charge is -2.22. The lowest BCUT2D eigenvalue weighted by Crippen LogP contribution is -2.43. The predicted octanol–water partition coefficient (Wildman–Crippen LogP) is 3.28. The summed E-state index contributed by atoms with van der Waals surface area (Å²) in [6.45, 7) is 1.84. The first-order chi connectivity index (χ1) is 10.4. The molecule has 0 spiro atoms. The minimum absolute atomic E-state index is 0.216. The van der Waals surface area contributed by atoms with E-state index in [9.17, 15) is 19.1 Å². The quantitative estimate of drug-likeness (QED) is 0.659. The highest BCUT2D eigenvalue weighted by molar-refractivity contribution is 8.26. The molecule has 1 amide bonds. The zero-order valence-electron chi connectivity index (χ0n) is 11.8. The van der Waals surface area contributed by atoms with Crippen LogP contribution < -0.4 is 0 Å². The molecule has 1 atom stereocenters. The van der Waals surface area contributed by atoms with Crippen molar-refractivity contribution >= 4 is 46.3 Å². The number of carboxylic acid groups (broad SMARTS) is 1. The van der Waals surface area contributed by atoms with E-state index in [4.69, 9.17) is 12.2 Å². The Hall–Kier alpha value is -1.73. The van der Waals surface area contributed by atoms with Crippen molar-refractivity contribution in [1.29, 1.82) is 0 Å². The van der Waals surface area contributed by atoms with Gasteiger partial charge in [0.2, 0.25) is 0 Å². The molecule has 1 saturated heterocycles. The van der Waals surface area contributed by atoms with Crippen molar-refractivity contribution in [3.8, 4) is 0 Å². The Morgan fingerprint density at radius 2 is 2.27 bits per heavy atom. The van der Waals surface area contributed by atoms with Gasteiger partial charge in [0.05, 0.1) is 4.91 Å². The molecule has 1 aromatic rings. The number of halogens is 1. The average molecular weight is 339 g/mol. The maximum atomic E-state index is 13.2. The van der Waals surface area contributed by atoms with Crippen LogP contribution in [0.4, 0.5) is 4.39 Å². The van der Waals surface area contributed by atoms with E-state index in [-0.39, 0.29) is 4.32 Å². The molecule has 1 unspecified atom stereocenters. The van der Waals surface area contributed by atoms with Gasteiger partial charge in [0.15, 0.2) is 0 Å². The van der Waals surface area contributed by atoms with Crippen LogP contribution in [0.2, 0.25) is 0 Å². The Labute approximate surface area is 137 Å². The van der Waals surface area contributed by atoms with Crippen LogP contribution in [0.3, 0.4) is 0 Å². The number of carboxylic acids is 1. The third-order valence-corrected chi connectivity index (χ3v) is 4.46. The second-order valence-corrected chi connectivity index (χ2v) is 6.43. The largest absolute Gasteiger partial charge is 0.480 e. The molecule has 1 heterocycles. The van der Waals surface area contributed by atoms with E-state index in [2.05, 4.69) is 0 Å². The SMILES string of the molecule is CCCC(C(=O)O)N1C(=O)/C(=C/c2cccc(F)c2)SC1=S. The van der Waals surface area contributed by atoms with Gasteiger partial charge in [-0.15, -0.1) is 0 Å². The minimum Gasteiger partial charge on any atom is -0.480 e. The van der Waals surface area contributed by atoms with Crippen LogP contribution in [0.5, 0.6) is 0 Å². The number of amides is 1. The first kappa shape index (κ1) is 16.6. The van der Waals surface area contributed by atoms with Crippen molar-refractivity contribution in [3.63, 3.8) is 0 Å². The average Bonchev–Trinajstić information content (AvgIpc) is 2.71. The zero-order chi connectivity index (χ0) is 16.3. The number of nitrogens with zero attached hydrogens (tertiary/aromatic N) is 1. The molecular weight excluding hydrogens is 325 g/mol. The standard InChI is InChI=1S/C15H14FNO3S2/c1-2-4-11(14(19)20)17-13(18)12(22-15(17)21)8-9-5-3-6-10(16)7-9/h3,5-8,11H,2,4H2,1H3,(H,19,20)/b12-8-. The summed E-state index contributed by atoms with van der Waals surface area (Å²) in [5.74, 6) is -1.93. The van der Waals surface area contributed by atoms with Gasteiger partial charge in [-0.05, 0) is 30.2 Å². The molecule has 0 aliphatic carbocycles. The van der Waals surface area contributed by atoms with E-state index >= 15 is 0 Å². The molecular formula is C15H14FNO3S2. The van der Waals surface area contributed by atoms with Gasteiger partial charge in [0.25, 0.3) is 5.91 Å². The fraction of sp³-hybridized carbons (Fsp3) is 0.267. The molecule has 1 fully saturated rings. The van der Waals surface area contributed by atoms with Crippen molar-refractivity contribution in [3.05, 3.63) is 40.6 Å². The summed E-state index contributed by atoms with van der Waals surface area (Å²) >= 11 is 6.17. The van der Waals surface area contributed by atoms with Gasteiger partial charge < -0.3 is 5.11 Å². The van der Waals surface area contributed by atoms with Crippen LogP contribution in [0.1, 0.15) is 25.3 Å². The molecule has 0 bridgehead atoms. The molecule has 0 radical (unpaired) electrons. The lowest BCUT2D eigenvalue weighted by molar-refractivity contribution is -0.145. The van der Waals surface area contributed by atoms with Gasteiger partial charge >= 0.3 is 5.97 Å². The number of benzene rings is 1. The van der Waals surface area contributed by atoms with Gasteiger partial charge in [-0.2, -0.15) is 0 Å². The summed E-state index contributed by atoms with van der Waals surface area (Å²) in [6, 6.07) is 4.85. The molecule has 22 heavy (non-hydrogen) atoms. The Kier molecular flexibility index (Phi) is 5.31. The molecule has 2 rings (SSSR count). The highest BCUT2D eigenvalue weighted by Gasteiger charge is 2.39. The Balaban J connectivity index is 2.30. The Bertz CT molecular complexity index is 660. The molecule has 4 nitrogen and oxygen atoms in total. The molecule has 1 N–H and O–H groups in total. The molecule has 1 aliphatic rings. The topological polar surface area (TPSA) is 57.6 Å². The third-order valence-electron chi connectivity index (χ3n) is 3.13. The smallest absolute Gasteiger partial charge is 0.326 e. The lowest BCUT2D eigenvalue weighted by atomic mass is 10.1. The number of rotatable bonds is 5. The maximum absolute atomic E-state index is 13.2. The van der Waals surface area contributed by atoms with Gasteiger partial charge in [-0.3, -0.25) is 9.69 Å². The van der Waals surface area contributed by atoms with E-state index in [1.807, 2.05) is 6.92 Å². The summed E-state index contributed by atoms with van der Waals surface area (Å²) in [5.41, 5.74) is 0.530. The van der Waals surface area contributed by atoms with Crippen LogP contribution in [-0.2, 0) is 9.59 Å². The number of carbonyl (C=O) groups is 2. The van der Waals surface area contributed by atoms with Crippen LogP contribution >= 0.6 is 24.0 Å². The highest BCUT2D eigenvalue weighted by Crippen LogP contribution is 2.34. The Morgan fingerprint density at radius 1 is 1.55 bits per heavy atom. The molecule has 116 valence electrons. The molecule has 1 aromatic carbocycles. The fourth-order valence-corrected chi connectivity index (χ4v) is 3.49. The molecule has 0 saturated carbocycles. The van der Waals surface area contributed by atoms with E-state index in [1.165, 1.54) is 18.2 Å². The van der Waals surface area contributed by atoms with Crippen molar-refractivity contribution in [2.45, 2.75) is 25.8 Å². The number of carbonyl (C=O) groups excluding carboxylic acids is 1. The van der Waals surface area contributed by atoms with Gasteiger partial charge in [-0.1, -0.05) is 49.5 Å². The van der Waals surface area contributed by atoms with Crippen molar-refractivity contribution in [2.75, 3.05) is 0 Å². The molecule has 7 heteroatoms. The predicted molar refractivity (Wildman–Crippen MR) is 87.7 cm³/mol. The summed E-state index contributed by atoms with van der Waals surface area (Å²) in [5, 5.41) is 9.28. The summed E-state index contributed by atoms with van der Waals surface area (Å²) in [6.07, 6.45) is 2.47. The van der Waals surface area contributed by atoms with Gasteiger partial charge in [0, 0.05) is 0 Å². The van der Waals surface area contributed by atoms with E-state index in [0.29, 0.717) is 23.3 Å². The number of thioether (sulfide) groups is 1. The third kappa shape index (κ3) is 3.53. The summed E-state index contributed by atoms with van der Waals surface area (Å²) < 4.78 is 13.4. The first-order valence-corrected chi connectivity index (χ1v) is 7.92. The maximum Gasteiger partial charge on any atom is 0.326 e. The zero-order valence-corrected chi connectivity index (χ0v) is 13.4. The van der Waals surface area contributed by atoms with Crippen LogP contribution in [-0.4, -0.2) is 32.2 Å². The van der Waals surface area contributed by atoms with Crippen LogP contribution in [0, 0.1) is 5.82 Å². The second-order valence-electron chi connectivity index (χ2n) is 4.75. The van der Waals surface area contributed by atoms with Crippen molar-refractivity contribution in [2.24, 2.45) is 0 Å². The summed E-state index contributed by atoms with van der Waals surface area (Å²) in [4.78, 5) is 25.2. The normalized spacial score (nSPS) is 18.1. The highest BCUT2D eigenvalue weighted by atomic mass is 32.2. The van der Waals surface area contributed by atoms with Crippen molar-refractivity contribution in [1.82, 2.24) is 4.90 Å². The first-order valence-electron chi connectivity index (χ1n) is 6.69. The van der Waals surface area contributed by atoms with E-state index in [0.717, 1.165) is 16.7 Å². The number of hydrogen-bond acceptors (Lipinski definition) is 4. The second kappa shape index (κ2) is 7.02. The number of thiocarbonyl (C=S) groups is 1. The minimum atomic E-state index is -1.08. The molecule has 0 aromatic heterocycles. The van der Waals surface area contributed by atoms with Gasteiger partial charge in [0.1, 0.15) is 16.2 Å². The van der Waals surface area contributed by atoms with E-state index in [1.54, 1.807) is 12.1 Å².